The number of hydrogen-bond acceptors (Lipinski definition) is 5. The molecular formula is C10H9N3O2S. The van der Waals surface area contributed by atoms with Crippen molar-refractivity contribution in [3.05, 3.63) is 36.2 Å². The van der Waals surface area contributed by atoms with Gasteiger partial charge in [-0.2, -0.15) is 4.37 Å². The molecule has 0 saturated heterocycles. The molecule has 1 N–H and O–H groups in total. The van der Waals surface area contributed by atoms with E-state index in [1.165, 1.54) is 6.33 Å². The van der Waals surface area contributed by atoms with E-state index in [9.17, 15) is 4.79 Å². The molecular weight excluding hydrogens is 226 g/mol. The molecule has 2 rings (SSSR count). The monoisotopic (exact) mass is 235 g/mol. The lowest BCUT2D eigenvalue weighted by Crippen LogP contribution is -2.11. The molecule has 0 unspecified atom stereocenters. The first-order chi connectivity index (χ1) is 7.79. The maximum Gasteiger partial charge on any atom is 0.257 e. The van der Waals surface area contributed by atoms with E-state index in [4.69, 9.17) is 4.74 Å². The average molecular weight is 235 g/mol. The third-order valence-corrected chi connectivity index (χ3v) is 2.49. The van der Waals surface area contributed by atoms with Gasteiger partial charge in [-0.25, -0.2) is 4.98 Å². The number of anilines is 1. The standard InChI is InChI=1S/C10H9N3O2S/c1-15-8-4-2-3-7(5-8)9(14)13-10-11-6-12-16-10/h2-6H,1H3,(H,11,12,13,14). The molecule has 5 nitrogen and oxygen atoms in total. The highest BCUT2D eigenvalue weighted by Gasteiger charge is 2.08. The summed E-state index contributed by atoms with van der Waals surface area (Å²) in [5, 5.41) is 3.12. The van der Waals surface area contributed by atoms with Crippen molar-refractivity contribution in [1.82, 2.24) is 9.36 Å². The number of aromatic nitrogens is 2. The van der Waals surface area contributed by atoms with E-state index in [0.717, 1.165) is 11.5 Å². The molecule has 0 spiro atoms. The van der Waals surface area contributed by atoms with Gasteiger partial charge in [0.15, 0.2) is 0 Å². The largest absolute Gasteiger partial charge is 0.497 e. The van der Waals surface area contributed by atoms with Gasteiger partial charge in [-0.05, 0) is 18.2 Å². The number of hydrogen-bond donors (Lipinski definition) is 1. The van der Waals surface area contributed by atoms with Crippen molar-refractivity contribution in [3.63, 3.8) is 0 Å². The van der Waals surface area contributed by atoms with Gasteiger partial charge in [-0.1, -0.05) is 6.07 Å². The molecule has 0 fully saturated rings. The zero-order chi connectivity index (χ0) is 11.4. The Morgan fingerprint density at radius 1 is 1.50 bits per heavy atom. The second-order valence-electron chi connectivity index (χ2n) is 2.93. The molecule has 6 heteroatoms. The topological polar surface area (TPSA) is 64.1 Å². The van der Waals surface area contributed by atoms with E-state index in [2.05, 4.69) is 14.7 Å². The Hall–Kier alpha value is -1.95. The average Bonchev–Trinajstić information content (AvgIpc) is 2.82. The normalized spacial score (nSPS) is 9.81. The number of amides is 1. The van der Waals surface area contributed by atoms with Crippen molar-refractivity contribution in [2.75, 3.05) is 12.4 Å². The Balaban J connectivity index is 2.14. The second kappa shape index (κ2) is 4.71. The number of benzene rings is 1. The second-order valence-corrected chi connectivity index (χ2v) is 3.71. The number of rotatable bonds is 3. The Morgan fingerprint density at radius 3 is 3.06 bits per heavy atom. The van der Waals surface area contributed by atoms with Crippen molar-refractivity contribution in [3.8, 4) is 5.75 Å². The van der Waals surface area contributed by atoms with Crippen LogP contribution in [0.5, 0.6) is 5.75 Å². The van der Waals surface area contributed by atoms with Crippen LogP contribution in [0.3, 0.4) is 0 Å². The first kappa shape index (κ1) is 10.6. The zero-order valence-corrected chi connectivity index (χ0v) is 9.32. The van der Waals surface area contributed by atoms with Gasteiger partial charge >= 0.3 is 0 Å². The summed E-state index contributed by atoms with van der Waals surface area (Å²) in [7, 11) is 1.56. The fourth-order valence-corrected chi connectivity index (χ4v) is 1.59. The van der Waals surface area contributed by atoms with Gasteiger partial charge in [0.05, 0.1) is 7.11 Å². The van der Waals surface area contributed by atoms with Crippen LogP contribution in [-0.2, 0) is 0 Å². The lowest BCUT2D eigenvalue weighted by Gasteiger charge is -2.03. The molecule has 16 heavy (non-hydrogen) atoms. The Bertz CT molecular complexity index is 485. The minimum absolute atomic E-state index is 0.226. The summed E-state index contributed by atoms with van der Waals surface area (Å²) in [6.45, 7) is 0. The summed E-state index contributed by atoms with van der Waals surface area (Å²) in [5.74, 6) is 0.417. The number of carbonyl (C=O) groups is 1. The Kier molecular flexibility index (Phi) is 3.11. The van der Waals surface area contributed by atoms with Crippen molar-refractivity contribution in [2.45, 2.75) is 0 Å². The summed E-state index contributed by atoms with van der Waals surface area (Å²) in [5.41, 5.74) is 0.523. The number of nitrogens with one attached hydrogen (secondary N) is 1. The predicted molar refractivity (Wildman–Crippen MR) is 60.9 cm³/mol. The number of carbonyl (C=O) groups excluding carboxylic acids is 1. The third-order valence-electron chi connectivity index (χ3n) is 1.91. The third kappa shape index (κ3) is 2.34. The molecule has 82 valence electrons. The molecule has 0 aliphatic heterocycles. The van der Waals surface area contributed by atoms with Gasteiger partial charge in [-0.15, -0.1) is 0 Å². The van der Waals surface area contributed by atoms with Crippen LogP contribution in [0.25, 0.3) is 0 Å². The van der Waals surface area contributed by atoms with E-state index in [-0.39, 0.29) is 5.91 Å². The highest BCUT2D eigenvalue weighted by atomic mass is 32.1. The van der Waals surface area contributed by atoms with Crippen LogP contribution in [0.1, 0.15) is 10.4 Å². The summed E-state index contributed by atoms with van der Waals surface area (Å²) in [4.78, 5) is 15.6. The lowest BCUT2D eigenvalue weighted by molar-refractivity contribution is 0.102. The Labute approximate surface area is 96.3 Å². The quantitative estimate of drug-likeness (QED) is 0.881. The fraction of sp³-hybridized carbons (Fsp3) is 0.100. The molecule has 0 bridgehead atoms. The maximum absolute atomic E-state index is 11.8. The number of ether oxygens (including phenoxy) is 1. The smallest absolute Gasteiger partial charge is 0.257 e. The molecule has 1 heterocycles. The van der Waals surface area contributed by atoms with E-state index in [1.807, 2.05) is 0 Å². The molecule has 0 aliphatic rings. The van der Waals surface area contributed by atoms with Crippen molar-refractivity contribution < 1.29 is 9.53 Å². The Morgan fingerprint density at radius 2 is 2.38 bits per heavy atom. The van der Waals surface area contributed by atoms with Crippen molar-refractivity contribution >= 4 is 22.6 Å². The maximum atomic E-state index is 11.8. The molecule has 1 amide bonds. The summed E-state index contributed by atoms with van der Waals surface area (Å²) >= 11 is 1.13. The van der Waals surface area contributed by atoms with Gasteiger partial charge in [0, 0.05) is 17.1 Å². The molecule has 1 aromatic carbocycles. The predicted octanol–water partition coefficient (Wildman–Crippen LogP) is 1.80. The van der Waals surface area contributed by atoms with Gasteiger partial charge < -0.3 is 4.74 Å². The molecule has 2 aromatic rings. The van der Waals surface area contributed by atoms with E-state index in [0.29, 0.717) is 16.4 Å². The molecule has 0 atom stereocenters. The van der Waals surface area contributed by atoms with Crippen LogP contribution in [0.4, 0.5) is 5.13 Å². The van der Waals surface area contributed by atoms with E-state index in [1.54, 1.807) is 31.4 Å². The molecule has 0 aliphatic carbocycles. The minimum atomic E-state index is -0.226. The highest BCUT2D eigenvalue weighted by Crippen LogP contribution is 2.14. The number of nitrogens with zero attached hydrogens (tertiary/aromatic N) is 2. The van der Waals surface area contributed by atoms with Crippen molar-refractivity contribution in [1.29, 1.82) is 0 Å². The fourth-order valence-electron chi connectivity index (χ4n) is 1.16. The van der Waals surface area contributed by atoms with E-state index < -0.39 is 0 Å². The van der Waals surface area contributed by atoms with Gasteiger partial charge in [0.25, 0.3) is 5.91 Å². The van der Waals surface area contributed by atoms with Crippen LogP contribution >= 0.6 is 11.5 Å². The zero-order valence-electron chi connectivity index (χ0n) is 8.51. The van der Waals surface area contributed by atoms with Crippen LogP contribution in [-0.4, -0.2) is 22.4 Å². The van der Waals surface area contributed by atoms with Gasteiger partial charge in [-0.3, -0.25) is 10.1 Å². The SMILES string of the molecule is COc1cccc(C(=O)Nc2ncns2)c1. The highest BCUT2D eigenvalue weighted by molar-refractivity contribution is 7.09. The van der Waals surface area contributed by atoms with Crippen molar-refractivity contribution in [2.24, 2.45) is 0 Å². The number of methoxy groups -OCH3 is 1. The van der Waals surface area contributed by atoms with Gasteiger partial charge in [0.1, 0.15) is 12.1 Å². The van der Waals surface area contributed by atoms with Crippen LogP contribution < -0.4 is 10.1 Å². The van der Waals surface area contributed by atoms with Crippen LogP contribution in [0.15, 0.2) is 30.6 Å². The molecule has 0 saturated carbocycles. The molecule has 0 radical (unpaired) electrons. The van der Waals surface area contributed by atoms with Gasteiger partial charge in [0.2, 0.25) is 5.13 Å². The first-order valence-corrected chi connectivity index (χ1v) is 5.29. The minimum Gasteiger partial charge on any atom is -0.497 e. The summed E-state index contributed by atoms with van der Waals surface area (Å²) in [6.07, 6.45) is 1.39. The van der Waals surface area contributed by atoms with Crippen LogP contribution in [0, 0.1) is 0 Å². The lowest BCUT2D eigenvalue weighted by atomic mass is 10.2. The van der Waals surface area contributed by atoms with E-state index >= 15 is 0 Å². The molecule has 1 aromatic heterocycles. The summed E-state index contributed by atoms with van der Waals surface area (Å²) in [6, 6.07) is 6.91. The summed E-state index contributed by atoms with van der Waals surface area (Å²) < 4.78 is 8.83. The first-order valence-electron chi connectivity index (χ1n) is 4.51. The van der Waals surface area contributed by atoms with Crippen LogP contribution in [0.2, 0.25) is 0 Å².